The van der Waals surface area contributed by atoms with Crippen LogP contribution in [-0.4, -0.2) is 15.9 Å². The third-order valence-electron chi connectivity index (χ3n) is 3.94. The molecule has 0 unspecified atom stereocenters. The molecule has 3 heterocycles. The molecule has 0 spiro atoms. The maximum atomic E-state index is 12.2. The Morgan fingerprint density at radius 3 is 2.21 bits per heavy atom. The zero-order valence-corrected chi connectivity index (χ0v) is 16.2. The van der Waals surface area contributed by atoms with Crippen molar-refractivity contribution in [2.45, 2.75) is 0 Å². The minimum absolute atomic E-state index is 0.206. The predicted octanol–water partition coefficient (Wildman–Crippen LogP) is 5.50. The lowest BCUT2D eigenvalue weighted by Crippen LogP contribution is -2.11. The van der Waals surface area contributed by atoms with E-state index in [0.29, 0.717) is 10.5 Å². The average molecular weight is 435 g/mol. The van der Waals surface area contributed by atoms with Gasteiger partial charge in [0.15, 0.2) is 10.4 Å². The molecule has 0 aliphatic carbocycles. The Labute approximate surface area is 169 Å². The Balaban J connectivity index is 1.54. The molecule has 28 heavy (non-hydrogen) atoms. The van der Waals surface area contributed by atoms with Crippen molar-refractivity contribution in [1.29, 1.82) is 0 Å². The van der Waals surface area contributed by atoms with Gasteiger partial charge in [0.05, 0.1) is 0 Å². The van der Waals surface area contributed by atoms with Crippen molar-refractivity contribution in [2.75, 3.05) is 10.6 Å². The van der Waals surface area contributed by atoms with E-state index >= 15 is 0 Å². The van der Waals surface area contributed by atoms with Gasteiger partial charge in [-0.25, -0.2) is 9.97 Å². The fourth-order valence-electron chi connectivity index (χ4n) is 2.64. The maximum absolute atomic E-state index is 12.2. The smallest absolute Gasteiger partial charge is 0.292 e. The van der Waals surface area contributed by atoms with E-state index < -0.39 is 0 Å². The van der Waals surface area contributed by atoms with E-state index in [9.17, 15) is 4.79 Å². The number of carbonyl (C=O) groups is 1. The lowest BCUT2D eigenvalue weighted by molar-refractivity contribution is 0.0995. The van der Waals surface area contributed by atoms with E-state index in [-0.39, 0.29) is 11.7 Å². The van der Waals surface area contributed by atoms with E-state index in [1.807, 2.05) is 48.5 Å². The summed E-state index contributed by atoms with van der Waals surface area (Å²) < 4.78 is 5.76. The minimum Gasteiger partial charge on any atom is -0.444 e. The molecule has 1 amide bonds. The van der Waals surface area contributed by atoms with Gasteiger partial charge in [0.1, 0.15) is 11.6 Å². The number of hydrogen-bond acceptors (Lipinski definition) is 5. The van der Waals surface area contributed by atoms with Crippen LogP contribution < -0.4 is 10.6 Å². The Morgan fingerprint density at radius 2 is 1.54 bits per heavy atom. The number of nitrogens with one attached hydrogen (secondary N) is 2. The SMILES string of the molecule is O=C(Nc1cc(-c2ccnc(Nc3ccccc3)c2)ccn1)c1ccc(Br)o1. The number of furan rings is 1. The number of para-hydroxylation sites is 1. The van der Waals surface area contributed by atoms with Crippen LogP contribution in [0.4, 0.5) is 17.3 Å². The third kappa shape index (κ3) is 4.27. The van der Waals surface area contributed by atoms with Crippen LogP contribution >= 0.6 is 15.9 Å². The van der Waals surface area contributed by atoms with Gasteiger partial charge in [-0.1, -0.05) is 18.2 Å². The lowest BCUT2D eigenvalue weighted by Gasteiger charge is -2.09. The van der Waals surface area contributed by atoms with Crippen molar-refractivity contribution in [3.05, 3.63) is 89.6 Å². The summed E-state index contributed by atoms with van der Waals surface area (Å²) in [6.45, 7) is 0. The predicted molar refractivity (Wildman–Crippen MR) is 112 cm³/mol. The van der Waals surface area contributed by atoms with Crippen molar-refractivity contribution in [3.8, 4) is 11.1 Å². The molecule has 0 aliphatic heterocycles. The first-order chi connectivity index (χ1) is 13.7. The Morgan fingerprint density at radius 1 is 0.857 bits per heavy atom. The third-order valence-corrected chi connectivity index (χ3v) is 4.36. The normalized spacial score (nSPS) is 10.5. The molecule has 7 heteroatoms. The highest BCUT2D eigenvalue weighted by Crippen LogP contribution is 2.25. The topological polar surface area (TPSA) is 80.0 Å². The van der Waals surface area contributed by atoms with Gasteiger partial charge in [-0.05, 0) is 75.6 Å². The summed E-state index contributed by atoms with van der Waals surface area (Å²) >= 11 is 3.18. The molecule has 3 aromatic heterocycles. The molecule has 0 radical (unpaired) electrons. The van der Waals surface area contributed by atoms with Gasteiger partial charge >= 0.3 is 0 Å². The van der Waals surface area contributed by atoms with Crippen LogP contribution in [-0.2, 0) is 0 Å². The van der Waals surface area contributed by atoms with Gasteiger partial charge in [0.2, 0.25) is 0 Å². The standard InChI is InChI=1S/C21H15BrN4O2/c22-18-7-6-17(28-18)21(27)26-20-13-15(9-11-24-20)14-8-10-23-19(12-14)25-16-4-2-1-3-5-16/h1-13H,(H,23,25)(H,24,26,27). The quantitative estimate of drug-likeness (QED) is 0.433. The van der Waals surface area contributed by atoms with Gasteiger partial charge in [0, 0.05) is 18.1 Å². The highest BCUT2D eigenvalue weighted by molar-refractivity contribution is 9.10. The number of anilines is 3. The molecule has 4 aromatic rings. The number of halogens is 1. The van der Waals surface area contributed by atoms with E-state index in [1.54, 1.807) is 30.6 Å². The Hall–Kier alpha value is -3.45. The summed E-state index contributed by atoms with van der Waals surface area (Å²) in [5.74, 6) is 1.00. The first-order valence-electron chi connectivity index (χ1n) is 8.49. The summed E-state index contributed by atoms with van der Waals surface area (Å²) in [6, 6.07) is 20.6. The van der Waals surface area contributed by atoms with Crippen LogP contribution in [0.15, 0.2) is 88.2 Å². The zero-order valence-electron chi connectivity index (χ0n) is 14.6. The van der Waals surface area contributed by atoms with Gasteiger partial charge < -0.3 is 15.1 Å². The molecule has 0 fully saturated rings. The largest absolute Gasteiger partial charge is 0.444 e. The number of aromatic nitrogens is 2. The number of nitrogens with zero attached hydrogens (tertiary/aromatic N) is 2. The number of hydrogen-bond donors (Lipinski definition) is 2. The Kier molecular flexibility index (Phi) is 5.16. The molecule has 0 bridgehead atoms. The molecule has 0 aliphatic rings. The second kappa shape index (κ2) is 8.06. The van der Waals surface area contributed by atoms with E-state index in [1.165, 1.54) is 0 Å². The molecule has 0 saturated heterocycles. The van der Waals surface area contributed by atoms with Crippen molar-refractivity contribution in [1.82, 2.24) is 9.97 Å². The van der Waals surface area contributed by atoms with Crippen LogP contribution in [0.25, 0.3) is 11.1 Å². The molecule has 138 valence electrons. The minimum atomic E-state index is -0.364. The van der Waals surface area contributed by atoms with Crippen molar-refractivity contribution in [3.63, 3.8) is 0 Å². The molecule has 0 saturated carbocycles. The van der Waals surface area contributed by atoms with Crippen LogP contribution in [0.1, 0.15) is 10.6 Å². The second-order valence-electron chi connectivity index (χ2n) is 5.91. The highest BCUT2D eigenvalue weighted by atomic mass is 79.9. The van der Waals surface area contributed by atoms with Gasteiger partial charge in [-0.2, -0.15) is 0 Å². The van der Waals surface area contributed by atoms with Crippen molar-refractivity contribution < 1.29 is 9.21 Å². The Bertz CT molecular complexity index is 1110. The highest BCUT2D eigenvalue weighted by Gasteiger charge is 2.12. The summed E-state index contributed by atoms with van der Waals surface area (Å²) in [5, 5.41) is 6.01. The number of rotatable bonds is 5. The number of benzene rings is 1. The van der Waals surface area contributed by atoms with Crippen LogP contribution in [0.2, 0.25) is 0 Å². The maximum Gasteiger partial charge on any atom is 0.292 e. The summed E-state index contributed by atoms with van der Waals surface area (Å²) in [4.78, 5) is 20.8. The first kappa shape index (κ1) is 17.9. The summed E-state index contributed by atoms with van der Waals surface area (Å²) in [5.41, 5.74) is 2.82. The molecular weight excluding hydrogens is 420 g/mol. The van der Waals surface area contributed by atoms with Crippen LogP contribution in [0.5, 0.6) is 0 Å². The number of amides is 1. The van der Waals surface area contributed by atoms with Crippen molar-refractivity contribution >= 4 is 39.2 Å². The zero-order chi connectivity index (χ0) is 19.3. The van der Waals surface area contributed by atoms with E-state index in [0.717, 1.165) is 22.6 Å². The average Bonchev–Trinajstić information content (AvgIpc) is 3.16. The van der Waals surface area contributed by atoms with Gasteiger partial charge in [0.25, 0.3) is 5.91 Å². The fourth-order valence-corrected chi connectivity index (χ4v) is 2.95. The van der Waals surface area contributed by atoms with E-state index in [4.69, 9.17) is 4.42 Å². The van der Waals surface area contributed by atoms with E-state index in [2.05, 4.69) is 36.5 Å². The lowest BCUT2D eigenvalue weighted by atomic mass is 10.1. The second-order valence-corrected chi connectivity index (χ2v) is 6.69. The molecule has 2 N–H and O–H groups in total. The number of carbonyl (C=O) groups excluding carboxylic acids is 1. The van der Waals surface area contributed by atoms with Crippen LogP contribution in [0, 0.1) is 0 Å². The van der Waals surface area contributed by atoms with Gasteiger partial charge in [-0.15, -0.1) is 0 Å². The molecule has 4 rings (SSSR count). The molecular formula is C21H15BrN4O2. The summed E-state index contributed by atoms with van der Waals surface area (Å²) in [7, 11) is 0. The monoisotopic (exact) mass is 434 g/mol. The van der Waals surface area contributed by atoms with Crippen molar-refractivity contribution in [2.24, 2.45) is 0 Å². The summed E-state index contributed by atoms with van der Waals surface area (Å²) in [6.07, 6.45) is 3.38. The molecule has 0 atom stereocenters. The molecule has 6 nitrogen and oxygen atoms in total. The fraction of sp³-hybridized carbons (Fsp3) is 0. The molecule has 1 aromatic carbocycles. The van der Waals surface area contributed by atoms with Gasteiger partial charge in [-0.3, -0.25) is 4.79 Å². The van der Waals surface area contributed by atoms with Crippen LogP contribution in [0.3, 0.4) is 0 Å². The number of pyridine rings is 2. The first-order valence-corrected chi connectivity index (χ1v) is 9.28.